The average molecular weight is 304 g/mol. The summed E-state index contributed by atoms with van der Waals surface area (Å²) >= 11 is 1.22. The van der Waals surface area contributed by atoms with Crippen LogP contribution in [-0.2, 0) is 9.59 Å². The van der Waals surface area contributed by atoms with Gasteiger partial charge in [-0.05, 0) is 26.0 Å². The van der Waals surface area contributed by atoms with Crippen molar-refractivity contribution in [3.05, 3.63) is 30.3 Å². The van der Waals surface area contributed by atoms with E-state index in [1.807, 2.05) is 32.0 Å². The van der Waals surface area contributed by atoms with Crippen LogP contribution in [0.5, 0.6) is 0 Å². The zero-order valence-corrected chi connectivity index (χ0v) is 12.6. The minimum Gasteiger partial charge on any atom is -0.326 e. The maximum Gasteiger partial charge on any atom is 0.240 e. The van der Waals surface area contributed by atoms with Crippen molar-refractivity contribution >= 4 is 40.1 Å². The van der Waals surface area contributed by atoms with Crippen molar-refractivity contribution in [1.29, 1.82) is 0 Å². The van der Waals surface area contributed by atoms with E-state index in [-0.39, 0.29) is 18.2 Å². The number of para-hydroxylation sites is 1. The molecule has 0 radical (unpaired) electrons. The van der Waals surface area contributed by atoms with Gasteiger partial charge in [0.25, 0.3) is 0 Å². The molecule has 1 aliphatic rings. The van der Waals surface area contributed by atoms with Crippen LogP contribution in [0, 0.1) is 0 Å². The molecule has 1 fully saturated rings. The summed E-state index contributed by atoms with van der Waals surface area (Å²) in [6.07, 6.45) is 0.0965. The lowest BCUT2D eigenvalue weighted by Crippen LogP contribution is -2.28. The predicted octanol–water partition coefficient (Wildman–Crippen LogP) is 2.00. The van der Waals surface area contributed by atoms with Crippen molar-refractivity contribution in [3.8, 4) is 0 Å². The van der Waals surface area contributed by atoms with E-state index in [2.05, 4.69) is 20.8 Å². The molecule has 0 aliphatic carbocycles. The van der Waals surface area contributed by atoms with Crippen LogP contribution in [0.3, 0.4) is 0 Å². The van der Waals surface area contributed by atoms with E-state index in [0.29, 0.717) is 10.9 Å². The van der Waals surface area contributed by atoms with Gasteiger partial charge in [0.05, 0.1) is 0 Å². The Hall–Kier alpha value is -2.15. The molecular weight excluding hydrogens is 288 g/mol. The van der Waals surface area contributed by atoms with Crippen LogP contribution in [-0.4, -0.2) is 27.9 Å². The fourth-order valence-electron chi connectivity index (χ4n) is 1.63. The number of nitrogens with zero attached hydrogens (tertiary/aromatic N) is 2. The molecule has 7 heteroatoms. The first-order valence-corrected chi connectivity index (χ1v) is 7.34. The zero-order chi connectivity index (χ0) is 15.2. The van der Waals surface area contributed by atoms with Crippen LogP contribution in [0.4, 0.5) is 5.69 Å². The third-order valence-corrected chi connectivity index (χ3v) is 3.62. The number of thioether (sulfide) groups is 1. The highest BCUT2D eigenvalue weighted by Gasteiger charge is 2.32. The summed E-state index contributed by atoms with van der Waals surface area (Å²) in [7, 11) is 0. The van der Waals surface area contributed by atoms with Crippen molar-refractivity contribution in [2.75, 3.05) is 5.32 Å². The first-order valence-electron chi connectivity index (χ1n) is 6.46. The number of anilines is 1. The Bertz CT molecular complexity index is 594. The first kappa shape index (κ1) is 15.2. The summed E-state index contributed by atoms with van der Waals surface area (Å²) in [5.74, 6) is -0.420. The van der Waals surface area contributed by atoms with Gasteiger partial charge < -0.3 is 10.6 Å². The summed E-state index contributed by atoms with van der Waals surface area (Å²) in [4.78, 5) is 23.7. The number of carbonyl (C=O) groups is 2. The zero-order valence-electron chi connectivity index (χ0n) is 11.8. The highest BCUT2D eigenvalue weighted by molar-refractivity contribution is 8.15. The molecule has 6 nitrogen and oxygen atoms in total. The van der Waals surface area contributed by atoms with E-state index in [1.165, 1.54) is 11.8 Å². The monoisotopic (exact) mass is 304 g/mol. The number of amidine groups is 1. The molecule has 0 unspecified atom stereocenters. The molecule has 0 saturated carbocycles. The fourth-order valence-corrected chi connectivity index (χ4v) is 2.55. The topological polar surface area (TPSA) is 82.9 Å². The van der Waals surface area contributed by atoms with E-state index >= 15 is 0 Å². The molecule has 2 amide bonds. The van der Waals surface area contributed by atoms with E-state index in [0.717, 1.165) is 5.71 Å². The Morgan fingerprint density at radius 3 is 2.71 bits per heavy atom. The summed E-state index contributed by atoms with van der Waals surface area (Å²) in [6, 6.07) is 9.14. The van der Waals surface area contributed by atoms with Crippen molar-refractivity contribution < 1.29 is 9.59 Å². The highest BCUT2D eigenvalue weighted by atomic mass is 32.2. The number of hydrogen-bond acceptors (Lipinski definition) is 5. The number of amides is 2. The Labute approximate surface area is 127 Å². The molecule has 2 N–H and O–H groups in total. The third kappa shape index (κ3) is 4.71. The van der Waals surface area contributed by atoms with Gasteiger partial charge in [0.15, 0.2) is 5.17 Å². The summed E-state index contributed by atoms with van der Waals surface area (Å²) < 4.78 is 0. The molecule has 1 heterocycles. The average Bonchev–Trinajstić information content (AvgIpc) is 2.78. The van der Waals surface area contributed by atoms with E-state index in [9.17, 15) is 9.59 Å². The molecule has 1 atom stereocenters. The summed E-state index contributed by atoms with van der Waals surface area (Å²) in [6.45, 7) is 3.63. The van der Waals surface area contributed by atoms with Gasteiger partial charge >= 0.3 is 0 Å². The van der Waals surface area contributed by atoms with Gasteiger partial charge in [-0.15, -0.1) is 5.10 Å². The largest absolute Gasteiger partial charge is 0.326 e. The number of hydrogen-bond donors (Lipinski definition) is 2. The Balaban J connectivity index is 1.91. The van der Waals surface area contributed by atoms with Gasteiger partial charge in [0.2, 0.25) is 11.8 Å². The SMILES string of the molecule is CC(C)=NN=C1NC(=O)[C@H](CC(=O)Nc2ccccc2)S1. The fraction of sp³-hybridized carbons (Fsp3) is 0.286. The number of benzene rings is 1. The Morgan fingerprint density at radius 1 is 1.33 bits per heavy atom. The third-order valence-electron chi connectivity index (χ3n) is 2.55. The lowest BCUT2D eigenvalue weighted by molar-refractivity contribution is -0.122. The molecular formula is C14H16N4O2S. The van der Waals surface area contributed by atoms with Crippen molar-refractivity contribution in [1.82, 2.24) is 5.32 Å². The quantitative estimate of drug-likeness (QED) is 0.659. The molecule has 21 heavy (non-hydrogen) atoms. The molecule has 1 aliphatic heterocycles. The lowest BCUT2D eigenvalue weighted by Gasteiger charge is -2.06. The first-order chi connectivity index (χ1) is 10.0. The molecule has 2 rings (SSSR count). The van der Waals surface area contributed by atoms with Crippen LogP contribution in [0.2, 0.25) is 0 Å². The van der Waals surface area contributed by atoms with Crippen LogP contribution in [0.1, 0.15) is 20.3 Å². The second kappa shape index (κ2) is 7.03. The van der Waals surface area contributed by atoms with Gasteiger partial charge in [0.1, 0.15) is 5.25 Å². The van der Waals surface area contributed by atoms with Gasteiger partial charge in [0, 0.05) is 17.8 Å². The molecule has 110 valence electrons. The number of rotatable bonds is 4. The molecule has 1 saturated heterocycles. The van der Waals surface area contributed by atoms with Crippen LogP contribution in [0.15, 0.2) is 40.5 Å². The summed E-state index contributed by atoms with van der Waals surface area (Å²) in [5, 5.41) is 13.1. The summed E-state index contributed by atoms with van der Waals surface area (Å²) in [5.41, 5.74) is 1.51. The molecule has 0 spiro atoms. The normalized spacial score (nSPS) is 19.2. The van der Waals surface area contributed by atoms with Crippen molar-refractivity contribution in [2.45, 2.75) is 25.5 Å². The highest BCUT2D eigenvalue weighted by Crippen LogP contribution is 2.23. The maximum absolute atomic E-state index is 11.9. The number of nitrogens with one attached hydrogen (secondary N) is 2. The van der Waals surface area contributed by atoms with Crippen LogP contribution in [0.25, 0.3) is 0 Å². The van der Waals surface area contributed by atoms with Gasteiger partial charge in [-0.25, -0.2) is 0 Å². The van der Waals surface area contributed by atoms with Crippen molar-refractivity contribution in [2.24, 2.45) is 10.2 Å². The maximum atomic E-state index is 11.9. The molecule has 0 bridgehead atoms. The molecule has 1 aromatic rings. The van der Waals surface area contributed by atoms with E-state index in [4.69, 9.17) is 0 Å². The second-order valence-corrected chi connectivity index (χ2v) is 5.86. The van der Waals surface area contributed by atoms with Crippen LogP contribution >= 0.6 is 11.8 Å². The van der Waals surface area contributed by atoms with Gasteiger partial charge in [-0.2, -0.15) is 5.10 Å². The minimum atomic E-state index is -0.472. The van der Waals surface area contributed by atoms with Crippen LogP contribution < -0.4 is 10.6 Å². The standard InChI is InChI=1S/C14H16N4O2S/c1-9(2)17-18-14-16-13(20)11(21-14)8-12(19)15-10-6-4-3-5-7-10/h3-7,11H,8H2,1-2H3,(H,15,19)(H,16,18,20)/t11-/m0/s1. The van der Waals surface area contributed by atoms with Crippen molar-refractivity contribution in [3.63, 3.8) is 0 Å². The smallest absolute Gasteiger partial charge is 0.240 e. The molecule has 0 aromatic heterocycles. The van der Waals surface area contributed by atoms with E-state index < -0.39 is 5.25 Å². The van der Waals surface area contributed by atoms with Gasteiger partial charge in [-0.3, -0.25) is 9.59 Å². The Kier molecular flexibility index (Phi) is 5.10. The molecule has 1 aromatic carbocycles. The predicted molar refractivity (Wildman–Crippen MR) is 85.4 cm³/mol. The second-order valence-electron chi connectivity index (χ2n) is 4.67. The minimum absolute atomic E-state index is 0.0965. The lowest BCUT2D eigenvalue weighted by atomic mass is 10.2. The number of carbonyl (C=O) groups excluding carboxylic acids is 2. The Morgan fingerprint density at radius 2 is 2.05 bits per heavy atom. The van der Waals surface area contributed by atoms with Gasteiger partial charge in [-0.1, -0.05) is 30.0 Å². The van der Waals surface area contributed by atoms with E-state index in [1.54, 1.807) is 12.1 Å².